The molecule has 1 amide bonds. The van der Waals surface area contributed by atoms with Gasteiger partial charge < -0.3 is 16.2 Å². The van der Waals surface area contributed by atoms with Crippen molar-refractivity contribution in [1.82, 2.24) is 0 Å². The second-order valence-corrected chi connectivity index (χ2v) is 5.59. The molecule has 4 N–H and O–H groups in total. The lowest BCUT2D eigenvalue weighted by Crippen LogP contribution is -2.19. The van der Waals surface area contributed by atoms with Gasteiger partial charge in [-0.15, -0.1) is 0 Å². The zero-order valence-corrected chi connectivity index (χ0v) is 12.9. The van der Waals surface area contributed by atoms with Crippen molar-refractivity contribution in [2.45, 2.75) is 32.7 Å². The van der Waals surface area contributed by atoms with Crippen LogP contribution in [0.5, 0.6) is 5.75 Å². The Morgan fingerprint density at radius 1 is 1.47 bits per heavy atom. The third-order valence-corrected chi connectivity index (χ3v) is 3.58. The van der Waals surface area contributed by atoms with Crippen molar-refractivity contribution in [2.24, 2.45) is 17.4 Å². The molecule has 0 bridgehead atoms. The van der Waals surface area contributed by atoms with E-state index in [0.29, 0.717) is 13.0 Å². The van der Waals surface area contributed by atoms with E-state index in [-0.39, 0.29) is 17.9 Å². The highest BCUT2D eigenvalue weighted by atomic mass is 79.9. The molecular weight excluding hydrogens is 308 g/mol. The fraction of sp³-hybridized carbons (Fsp3) is 0.500. The van der Waals surface area contributed by atoms with Crippen LogP contribution in [0.1, 0.15) is 38.3 Å². The zero-order chi connectivity index (χ0) is 14.4. The topological polar surface area (TPSA) is 78.3 Å². The van der Waals surface area contributed by atoms with Crippen molar-refractivity contribution in [3.05, 3.63) is 28.2 Å². The Labute approximate surface area is 122 Å². The Kier molecular flexibility index (Phi) is 6.31. The molecule has 1 aromatic rings. The number of rotatable bonds is 7. The highest BCUT2D eigenvalue weighted by molar-refractivity contribution is 9.10. The number of halogens is 1. The summed E-state index contributed by atoms with van der Waals surface area (Å²) in [6.07, 6.45) is 1.08. The van der Waals surface area contributed by atoms with E-state index in [1.54, 1.807) is 0 Å². The summed E-state index contributed by atoms with van der Waals surface area (Å²) in [6.45, 7) is 4.56. The van der Waals surface area contributed by atoms with Crippen molar-refractivity contribution in [2.75, 3.05) is 6.61 Å². The lowest BCUT2D eigenvalue weighted by atomic mass is 9.94. The van der Waals surface area contributed by atoms with Crippen LogP contribution in [0.3, 0.4) is 0 Å². The third-order valence-electron chi connectivity index (χ3n) is 2.89. The predicted molar refractivity (Wildman–Crippen MR) is 79.8 cm³/mol. The molecular formula is C14H21BrN2O2. The Morgan fingerprint density at radius 2 is 2.16 bits per heavy atom. The van der Waals surface area contributed by atoms with E-state index >= 15 is 0 Å². The summed E-state index contributed by atoms with van der Waals surface area (Å²) in [7, 11) is 0. The summed E-state index contributed by atoms with van der Waals surface area (Å²) < 4.78 is 6.35. The Bertz CT molecular complexity index is 437. The maximum Gasteiger partial charge on any atom is 0.217 e. The minimum atomic E-state index is -0.287. The molecule has 0 aliphatic rings. The van der Waals surface area contributed by atoms with Crippen LogP contribution in [-0.2, 0) is 4.79 Å². The molecule has 0 saturated carbocycles. The molecule has 0 aliphatic heterocycles. The molecule has 2 atom stereocenters. The molecule has 4 nitrogen and oxygen atoms in total. The minimum absolute atomic E-state index is 0.126. The molecule has 2 unspecified atom stereocenters. The van der Waals surface area contributed by atoms with Crippen molar-refractivity contribution in [3.8, 4) is 5.75 Å². The van der Waals surface area contributed by atoms with Gasteiger partial charge in [-0.3, -0.25) is 4.79 Å². The van der Waals surface area contributed by atoms with Gasteiger partial charge in [0.2, 0.25) is 5.91 Å². The number of hydrogen-bond acceptors (Lipinski definition) is 3. The van der Waals surface area contributed by atoms with E-state index in [0.717, 1.165) is 22.2 Å². The van der Waals surface area contributed by atoms with Gasteiger partial charge >= 0.3 is 0 Å². The fourth-order valence-electron chi connectivity index (χ4n) is 2.05. The molecule has 0 saturated heterocycles. The maximum absolute atomic E-state index is 10.9. The van der Waals surface area contributed by atoms with E-state index in [2.05, 4.69) is 15.9 Å². The van der Waals surface area contributed by atoms with Gasteiger partial charge in [-0.25, -0.2) is 0 Å². The normalized spacial score (nSPS) is 13.9. The summed E-state index contributed by atoms with van der Waals surface area (Å²) >= 11 is 3.51. The molecule has 106 valence electrons. The number of benzene rings is 1. The number of hydrogen-bond donors (Lipinski definition) is 2. The monoisotopic (exact) mass is 328 g/mol. The van der Waals surface area contributed by atoms with Crippen LogP contribution in [0, 0.1) is 5.92 Å². The quantitative estimate of drug-likeness (QED) is 0.807. The van der Waals surface area contributed by atoms with E-state index < -0.39 is 0 Å². The number of amides is 1. The summed E-state index contributed by atoms with van der Waals surface area (Å²) in [4.78, 5) is 10.9. The molecule has 1 rings (SSSR count). The first-order valence-electron chi connectivity index (χ1n) is 6.40. The SMILES string of the molecule is CCOc1ccc(C(N)CC(C)CC(N)=O)c(Br)c1. The molecule has 19 heavy (non-hydrogen) atoms. The van der Waals surface area contributed by atoms with Gasteiger partial charge in [0, 0.05) is 16.9 Å². The zero-order valence-electron chi connectivity index (χ0n) is 11.4. The first kappa shape index (κ1) is 16.0. The van der Waals surface area contributed by atoms with Crippen LogP contribution in [0.15, 0.2) is 22.7 Å². The number of carbonyl (C=O) groups excluding carboxylic acids is 1. The van der Waals surface area contributed by atoms with Crippen molar-refractivity contribution in [3.63, 3.8) is 0 Å². The first-order valence-corrected chi connectivity index (χ1v) is 7.19. The largest absolute Gasteiger partial charge is 0.494 e. The number of nitrogens with two attached hydrogens (primary N) is 2. The van der Waals surface area contributed by atoms with E-state index in [1.807, 2.05) is 32.0 Å². The average molecular weight is 329 g/mol. The highest BCUT2D eigenvalue weighted by Gasteiger charge is 2.15. The van der Waals surface area contributed by atoms with Crippen LogP contribution < -0.4 is 16.2 Å². The van der Waals surface area contributed by atoms with Crippen LogP contribution >= 0.6 is 15.9 Å². The molecule has 0 heterocycles. The van der Waals surface area contributed by atoms with Crippen molar-refractivity contribution < 1.29 is 9.53 Å². The molecule has 0 radical (unpaired) electrons. The minimum Gasteiger partial charge on any atom is -0.494 e. The molecule has 0 fully saturated rings. The summed E-state index contributed by atoms with van der Waals surface area (Å²) in [5.41, 5.74) is 12.4. The Morgan fingerprint density at radius 3 is 2.68 bits per heavy atom. The highest BCUT2D eigenvalue weighted by Crippen LogP contribution is 2.30. The van der Waals surface area contributed by atoms with Gasteiger partial charge in [-0.2, -0.15) is 0 Å². The second kappa shape index (κ2) is 7.50. The summed E-state index contributed by atoms with van der Waals surface area (Å²) in [5.74, 6) is 0.701. The van der Waals surface area contributed by atoms with Gasteiger partial charge in [0.1, 0.15) is 5.75 Å². The molecule has 0 spiro atoms. The van der Waals surface area contributed by atoms with Crippen LogP contribution in [0.25, 0.3) is 0 Å². The third kappa shape index (κ3) is 5.20. The molecule has 0 aliphatic carbocycles. The number of carbonyl (C=O) groups is 1. The summed E-state index contributed by atoms with van der Waals surface area (Å²) in [6, 6.07) is 5.65. The van der Waals surface area contributed by atoms with Crippen molar-refractivity contribution >= 4 is 21.8 Å². The van der Waals surface area contributed by atoms with Gasteiger partial charge in [-0.05, 0) is 37.0 Å². The maximum atomic E-state index is 10.9. The van der Waals surface area contributed by atoms with E-state index in [1.165, 1.54) is 0 Å². The molecule has 5 heteroatoms. The van der Waals surface area contributed by atoms with E-state index in [9.17, 15) is 4.79 Å². The van der Waals surface area contributed by atoms with Gasteiger partial charge in [0.05, 0.1) is 6.61 Å². The Balaban J connectivity index is 2.71. The van der Waals surface area contributed by atoms with Gasteiger partial charge in [0.25, 0.3) is 0 Å². The predicted octanol–water partition coefficient (Wildman–Crippen LogP) is 2.75. The lowest BCUT2D eigenvalue weighted by molar-refractivity contribution is -0.118. The van der Waals surface area contributed by atoms with Gasteiger partial charge in [-0.1, -0.05) is 28.9 Å². The molecule has 0 aromatic heterocycles. The van der Waals surface area contributed by atoms with Crippen LogP contribution in [0.2, 0.25) is 0 Å². The van der Waals surface area contributed by atoms with E-state index in [4.69, 9.17) is 16.2 Å². The van der Waals surface area contributed by atoms with Crippen molar-refractivity contribution in [1.29, 1.82) is 0 Å². The Hall–Kier alpha value is -1.07. The smallest absolute Gasteiger partial charge is 0.217 e. The summed E-state index contributed by atoms with van der Waals surface area (Å²) in [5, 5.41) is 0. The molecule has 1 aromatic carbocycles. The van der Waals surface area contributed by atoms with Crippen LogP contribution in [0.4, 0.5) is 0 Å². The second-order valence-electron chi connectivity index (χ2n) is 4.73. The lowest BCUT2D eigenvalue weighted by Gasteiger charge is -2.18. The number of primary amides is 1. The first-order chi connectivity index (χ1) is 8.93. The van der Waals surface area contributed by atoms with Crippen LogP contribution in [-0.4, -0.2) is 12.5 Å². The standard InChI is InChI=1S/C14H21BrN2O2/c1-3-19-10-4-5-11(12(15)8-10)13(16)6-9(2)7-14(17)18/h4-5,8-9,13H,3,6-7,16H2,1-2H3,(H2,17,18). The fourth-order valence-corrected chi connectivity index (χ4v) is 2.70. The average Bonchev–Trinajstić information content (AvgIpc) is 2.27. The van der Waals surface area contributed by atoms with Gasteiger partial charge in [0.15, 0.2) is 0 Å². The number of ether oxygens (including phenoxy) is 1.